The average Bonchev–Trinajstić information content (AvgIpc) is 2.20. The van der Waals surface area contributed by atoms with Crippen LogP contribution in [0.15, 0.2) is 6.07 Å². The zero-order valence-corrected chi connectivity index (χ0v) is 10.4. The smallest absolute Gasteiger partial charge is 0.342 e. The van der Waals surface area contributed by atoms with Crippen LogP contribution in [0.5, 0.6) is 5.75 Å². The largest absolute Gasteiger partial charge is 0.505 e. The fourth-order valence-corrected chi connectivity index (χ4v) is 1.61. The van der Waals surface area contributed by atoms with Crippen molar-refractivity contribution in [3.8, 4) is 5.75 Å². The van der Waals surface area contributed by atoms with Crippen LogP contribution in [0.2, 0.25) is 0 Å². The van der Waals surface area contributed by atoms with Gasteiger partial charge >= 0.3 is 5.97 Å². The van der Waals surface area contributed by atoms with Gasteiger partial charge in [-0.15, -0.1) is 0 Å². The molecule has 4 nitrogen and oxygen atoms in total. The zero-order chi connectivity index (χ0) is 12.3. The van der Waals surface area contributed by atoms with Crippen LogP contribution in [-0.4, -0.2) is 22.7 Å². The Morgan fingerprint density at radius 2 is 2.31 bits per heavy atom. The van der Waals surface area contributed by atoms with E-state index in [1.807, 2.05) is 0 Å². The first-order valence-corrected chi connectivity index (χ1v) is 5.40. The van der Waals surface area contributed by atoms with Gasteiger partial charge in [-0.25, -0.2) is 18.6 Å². The van der Waals surface area contributed by atoms with Crippen LogP contribution < -0.4 is 0 Å². The van der Waals surface area contributed by atoms with E-state index in [0.29, 0.717) is 0 Å². The van der Waals surface area contributed by atoms with Crippen LogP contribution in [0, 0.1) is 3.70 Å². The van der Waals surface area contributed by atoms with Gasteiger partial charge in [0.05, 0.1) is 6.61 Å². The lowest BCUT2D eigenvalue weighted by Crippen LogP contribution is -2.08. The molecule has 0 aliphatic heterocycles. The summed E-state index contributed by atoms with van der Waals surface area (Å²) >= 11 is 1.68. The standard InChI is InChI=1S/C9H8F2INO3/c1-2-16-9(15)4-3-5(12)13-6(7(4)14)8(10)11/h3,8,14H,2H2,1H3. The predicted molar refractivity (Wildman–Crippen MR) is 59.5 cm³/mol. The zero-order valence-electron chi connectivity index (χ0n) is 8.21. The molecule has 0 aliphatic rings. The van der Waals surface area contributed by atoms with Gasteiger partial charge in [-0.3, -0.25) is 0 Å². The molecule has 0 saturated heterocycles. The molecule has 1 aromatic heterocycles. The number of pyridine rings is 1. The third kappa shape index (κ3) is 2.77. The van der Waals surface area contributed by atoms with E-state index in [0.717, 1.165) is 0 Å². The first-order valence-electron chi connectivity index (χ1n) is 4.32. The van der Waals surface area contributed by atoms with Crippen molar-refractivity contribution >= 4 is 28.6 Å². The summed E-state index contributed by atoms with van der Waals surface area (Å²) in [7, 11) is 0. The van der Waals surface area contributed by atoms with Gasteiger partial charge in [-0.05, 0) is 35.6 Å². The monoisotopic (exact) mass is 343 g/mol. The Balaban J connectivity index is 3.24. The first-order chi connectivity index (χ1) is 7.47. The Labute approximate surface area is 104 Å². The second-order valence-electron chi connectivity index (χ2n) is 2.75. The van der Waals surface area contributed by atoms with Crippen molar-refractivity contribution in [3.05, 3.63) is 21.0 Å². The van der Waals surface area contributed by atoms with E-state index in [1.165, 1.54) is 6.07 Å². The molecule has 1 aromatic rings. The summed E-state index contributed by atoms with van der Waals surface area (Å²) in [4.78, 5) is 14.8. The van der Waals surface area contributed by atoms with E-state index >= 15 is 0 Å². The van der Waals surface area contributed by atoms with Gasteiger partial charge in [0.25, 0.3) is 6.43 Å². The number of carbonyl (C=O) groups excluding carboxylic acids is 1. The Bertz CT molecular complexity index is 412. The van der Waals surface area contributed by atoms with Gasteiger partial charge < -0.3 is 9.84 Å². The number of aromatic nitrogens is 1. The number of alkyl halides is 2. The van der Waals surface area contributed by atoms with Crippen molar-refractivity contribution in [1.29, 1.82) is 0 Å². The molecule has 1 heterocycles. The van der Waals surface area contributed by atoms with Gasteiger partial charge in [0.1, 0.15) is 15.0 Å². The van der Waals surface area contributed by atoms with E-state index in [1.54, 1.807) is 29.5 Å². The fourth-order valence-electron chi connectivity index (χ4n) is 1.04. The minimum atomic E-state index is -2.94. The maximum absolute atomic E-state index is 12.5. The second kappa shape index (κ2) is 5.37. The predicted octanol–water partition coefficient (Wildman–Crippen LogP) is 2.51. The Morgan fingerprint density at radius 3 is 2.81 bits per heavy atom. The maximum atomic E-state index is 12.5. The van der Waals surface area contributed by atoms with Crippen molar-refractivity contribution in [1.82, 2.24) is 4.98 Å². The summed E-state index contributed by atoms with van der Waals surface area (Å²) in [5, 5.41) is 9.43. The molecule has 1 N–H and O–H groups in total. The summed E-state index contributed by atoms with van der Waals surface area (Å²) in [6.07, 6.45) is -2.94. The number of nitrogens with zero attached hydrogens (tertiary/aromatic N) is 1. The van der Waals surface area contributed by atoms with Crippen molar-refractivity contribution in [3.63, 3.8) is 0 Å². The van der Waals surface area contributed by atoms with Crippen molar-refractivity contribution in [2.24, 2.45) is 0 Å². The third-order valence-corrected chi connectivity index (χ3v) is 2.24. The molecular weight excluding hydrogens is 335 g/mol. The topological polar surface area (TPSA) is 59.4 Å². The molecule has 0 aliphatic carbocycles. The molecule has 0 atom stereocenters. The molecule has 7 heteroatoms. The lowest BCUT2D eigenvalue weighted by molar-refractivity contribution is 0.0521. The Morgan fingerprint density at radius 1 is 1.69 bits per heavy atom. The summed E-state index contributed by atoms with van der Waals surface area (Å²) in [6, 6.07) is 1.19. The molecule has 0 amide bonds. The lowest BCUT2D eigenvalue weighted by Gasteiger charge is -2.08. The number of ether oxygens (including phenoxy) is 1. The van der Waals surface area contributed by atoms with Gasteiger partial charge in [-0.2, -0.15) is 0 Å². The molecular formula is C9H8F2INO3. The fraction of sp³-hybridized carbons (Fsp3) is 0.333. The second-order valence-corrected chi connectivity index (χ2v) is 3.85. The molecule has 0 aromatic carbocycles. The number of esters is 1. The molecule has 0 unspecified atom stereocenters. The van der Waals surface area contributed by atoms with E-state index in [9.17, 15) is 18.7 Å². The van der Waals surface area contributed by atoms with Crippen LogP contribution in [0.25, 0.3) is 0 Å². The molecule has 88 valence electrons. The Kier molecular flexibility index (Phi) is 4.39. The van der Waals surface area contributed by atoms with E-state index in [4.69, 9.17) is 0 Å². The number of rotatable bonds is 3. The van der Waals surface area contributed by atoms with Crippen molar-refractivity contribution in [2.75, 3.05) is 6.61 Å². The van der Waals surface area contributed by atoms with Crippen LogP contribution >= 0.6 is 22.6 Å². The van der Waals surface area contributed by atoms with Crippen LogP contribution in [0.1, 0.15) is 29.4 Å². The molecule has 0 fully saturated rings. The highest BCUT2D eigenvalue weighted by Gasteiger charge is 2.23. The minimum absolute atomic E-state index is 0.0984. The van der Waals surface area contributed by atoms with Crippen molar-refractivity contribution in [2.45, 2.75) is 13.3 Å². The first kappa shape index (κ1) is 13.1. The highest BCUT2D eigenvalue weighted by atomic mass is 127. The Hall–Kier alpha value is -0.990. The average molecular weight is 343 g/mol. The molecule has 16 heavy (non-hydrogen) atoms. The molecule has 0 spiro atoms. The normalized spacial score (nSPS) is 10.6. The third-order valence-electron chi connectivity index (χ3n) is 1.69. The van der Waals surface area contributed by atoms with Crippen LogP contribution in [0.4, 0.5) is 8.78 Å². The summed E-state index contributed by atoms with van der Waals surface area (Å²) in [5.41, 5.74) is -1.11. The summed E-state index contributed by atoms with van der Waals surface area (Å²) in [5.74, 6) is -1.67. The number of halogens is 3. The minimum Gasteiger partial charge on any atom is -0.505 e. The van der Waals surface area contributed by atoms with Crippen molar-refractivity contribution < 1.29 is 23.4 Å². The highest BCUT2D eigenvalue weighted by molar-refractivity contribution is 14.1. The number of carbonyl (C=O) groups is 1. The lowest BCUT2D eigenvalue weighted by atomic mass is 10.2. The number of hydrogen-bond donors (Lipinski definition) is 1. The molecule has 0 saturated carbocycles. The van der Waals surface area contributed by atoms with Gasteiger partial charge in [0, 0.05) is 0 Å². The van der Waals surface area contributed by atoms with E-state index < -0.39 is 23.8 Å². The van der Waals surface area contributed by atoms with Gasteiger partial charge in [0.15, 0.2) is 5.75 Å². The molecule has 0 bridgehead atoms. The quantitative estimate of drug-likeness (QED) is 0.521. The summed E-state index contributed by atoms with van der Waals surface area (Å²) in [6.45, 7) is 1.68. The van der Waals surface area contributed by atoms with Gasteiger partial charge in [0.2, 0.25) is 0 Å². The summed E-state index contributed by atoms with van der Waals surface area (Å²) < 4.78 is 29.7. The maximum Gasteiger partial charge on any atom is 0.342 e. The van der Waals surface area contributed by atoms with Crippen LogP contribution in [-0.2, 0) is 4.74 Å². The highest BCUT2D eigenvalue weighted by Crippen LogP contribution is 2.30. The SMILES string of the molecule is CCOC(=O)c1cc(I)nc(C(F)F)c1O. The van der Waals surface area contributed by atoms with E-state index in [2.05, 4.69) is 9.72 Å². The molecule has 0 radical (unpaired) electrons. The number of hydrogen-bond acceptors (Lipinski definition) is 4. The molecule has 1 rings (SSSR count). The van der Waals surface area contributed by atoms with Gasteiger partial charge in [-0.1, -0.05) is 0 Å². The van der Waals surface area contributed by atoms with E-state index in [-0.39, 0.29) is 15.9 Å². The number of aromatic hydroxyl groups is 1. The van der Waals surface area contributed by atoms with Crippen LogP contribution in [0.3, 0.4) is 0 Å².